The molecule has 0 aromatic carbocycles. The zero-order chi connectivity index (χ0) is 15.9. The summed E-state index contributed by atoms with van der Waals surface area (Å²) in [6.07, 6.45) is 10.3. The van der Waals surface area contributed by atoms with Crippen molar-refractivity contribution in [3.63, 3.8) is 0 Å². The lowest BCUT2D eigenvalue weighted by Crippen LogP contribution is -2.38. The first-order chi connectivity index (χ1) is 10.4. The highest BCUT2D eigenvalue weighted by atomic mass is 16.5. The number of carbonyl (C=O) groups is 1. The molecule has 0 bridgehead atoms. The van der Waals surface area contributed by atoms with Crippen molar-refractivity contribution in [3.05, 3.63) is 12.2 Å². The molecular formula is C20H32O2. The summed E-state index contributed by atoms with van der Waals surface area (Å²) in [5.74, 6) is 3.17. The Labute approximate surface area is 135 Å². The third-order valence-corrected chi connectivity index (χ3v) is 7.25. The van der Waals surface area contributed by atoms with Crippen LogP contribution in [-0.4, -0.2) is 12.1 Å². The van der Waals surface area contributed by atoms with Gasteiger partial charge >= 0.3 is 5.97 Å². The topological polar surface area (TPSA) is 26.3 Å². The zero-order valence-corrected chi connectivity index (χ0v) is 14.6. The molecule has 0 radical (unpaired) electrons. The second-order valence-electron chi connectivity index (χ2n) is 8.48. The van der Waals surface area contributed by atoms with E-state index in [2.05, 4.69) is 20.4 Å². The van der Waals surface area contributed by atoms with Crippen molar-refractivity contribution in [2.45, 2.75) is 78.2 Å². The van der Waals surface area contributed by atoms with Gasteiger partial charge in [-0.3, -0.25) is 4.79 Å². The largest absolute Gasteiger partial charge is 0.463 e. The van der Waals surface area contributed by atoms with Gasteiger partial charge in [0.15, 0.2) is 0 Å². The molecule has 22 heavy (non-hydrogen) atoms. The molecule has 3 fully saturated rings. The number of allylic oxidation sites excluding steroid dienone is 1. The summed E-state index contributed by atoms with van der Waals surface area (Å²) >= 11 is 0. The van der Waals surface area contributed by atoms with Gasteiger partial charge in [0.05, 0.1) is 0 Å². The van der Waals surface area contributed by atoms with Crippen LogP contribution >= 0.6 is 0 Å². The van der Waals surface area contributed by atoms with E-state index in [-0.39, 0.29) is 12.1 Å². The van der Waals surface area contributed by atoms with Gasteiger partial charge in [-0.25, -0.2) is 0 Å². The second kappa shape index (κ2) is 6.02. The highest BCUT2D eigenvalue weighted by Gasteiger charge is 2.47. The fourth-order valence-electron chi connectivity index (χ4n) is 5.77. The minimum Gasteiger partial charge on any atom is -0.463 e. The lowest BCUT2D eigenvalue weighted by Gasteiger charge is -2.46. The number of hydrogen-bond donors (Lipinski definition) is 0. The first-order valence-electron chi connectivity index (χ1n) is 9.25. The van der Waals surface area contributed by atoms with Crippen LogP contribution in [0.5, 0.6) is 0 Å². The Hall–Kier alpha value is -0.790. The van der Waals surface area contributed by atoms with Crippen LogP contribution in [-0.2, 0) is 9.53 Å². The maximum absolute atomic E-state index is 11.2. The van der Waals surface area contributed by atoms with Gasteiger partial charge in [-0.05, 0) is 80.5 Å². The van der Waals surface area contributed by atoms with Gasteiger partial charge in [0.25, 0.3) is 0 Å². The van der Waals surface area contributed by atoms with Crippen molar-refractivity contribution in [2.24, 2.45) is 29.1 Å². The molecule has 2 nitrogen and oxygen atoms in total. The average Bonchev–Trinajstić information content (AvgIpc) is 2.74. The molecule has 3 aliphatic rings. The lowest BCUT2D eigenvalue weighted by molar-refractivity contribution is -0.149. The molecule has 0 aromatic heterocycles. The van der Waals surface area contributed by atoms with Crippen LogP contribution in [0.4, 0.5) is 0 Å². The number of ether oxygens (including phenoxy) is 1. The number of rotatable bonds is 2. The zero-order valence-electron chi connectivity index (χ0n) is 14.6. The van der Waals surface area contributed by atoms with E-state index in [1.54, 1.807) is 0 Å². The van der Waals surface area contributed by atoms with Crippen molar-refractivity contribution in [1.82, 2.24) is 0 Å². The molecule has 2 heteroatoms. The van der Waals surface area contributed by atoms with E-state index >= 15 is 0 Å². The summed E-state index contributed by atoms with van der Waals surface area (Å²) in [5, 5.41) is 0. The van der Waals surface area contributed by atoms with E-state index in [1.165, 1.54) is 51.0 Å². The molecule has 124 valence electrons. The van der Waals surface area contributed by atoms with Gasteiger partial charge in [-0.15, -0.1) is 0 Å². The van der Waals surface area contributed by atoms with Crippen molar-refractivity contribution in [1.29, 1.82) is 0 Å². The standard InChI is InChI=1S/C20H32O2/c1-13-11-18(22-15(3)21)7-8-19(13)16-9-10-20(4)14(2)5-6-17(20)12-16/h13,16-19H,2,5-12H2,1,3-4H3/t13-,16?,17?,18-,19?,20+/m0/s1. The average molecular weight is 304 g/mol. The van der Waals surface area contributed by atoms with E-state index in [9.17, 15) is 4.79 Å². The smallest absolute Gasteiger partial charge is 0.302 e. The van der Waals surface area contributed by atoms with E-state index in [0.29, 0.717) is 11.3 Å². The molecule has 3 rings (SSSR count). The van der Waals surface area contributed by atoms with Crippen LogP contribution in [0.25, 0.3) is 0 Å². The number of hydrogen-bond acceptors (Lipinski definition) is 2. The number of esters is 1. The van der Waals surface area contributed by atoms with E-state index in [1.807, 2.05) is 0 Å². The number of fused-ring (bicyclic) bond motifs is 1. The highest BCUT2D eigenvalue weighted by molar-refractivity contribution is 5.66. The molecule has 0 saturated heterocycles. The van der Waals surface area contributed by atoms with Crippen LogP contribution in [0.1, 0.15) is 72.1 Å². The maximum Gasteiger partial charge on any atom is 0.302 e. The predicted octanol–water partition coefficient (Wildman–Crippen LogP) is 5.13. The van der Waals surface area contributed by atoms with E-state index in [0.717, 1.165) is 30.6 Å². The van der Waals surface area contributed by atoms with Gasteiger partial charge in [-0.1, -0.05) is 26.0 Å². The third kappa shape index (κ3) is 2.86. The van der Waals surface area contributed by atoms with Crippen LogP contribution in [0.15, 0.2) is 12.2 Å². The summed E-state index contributed by atoms with van der Waals surface area (Å²) < 4.78 is 5.45. The molecule has 3 unspecified atom stereocenters. The Balaban J connectivity index is 1.60. The fraction of sp³-hybridized carbons (Fsp3) is 0.850. The summed E-state index contributed by atoms with van der Waals surface area (Å²) in [6, 6.07) is 0. The Kier molecular flexibility index (Phi) is 4.40. The molecule has 0 heterocycles. The van der Waals surface area contributed by atoms with E-state index in [4.69, 9.17) is 4.74 Å². The molecule has 6 atom stereocenters. The predicted molar refractivity (Wildman–Crippen MR) is 89.4 cm³/mol. The molecule has 0 N–H and O–H groups in total. The van der Waals surface area contributed by atoms with Gasteiger partial charge in [0.2, 0.25) is 0 Å². The van der Waals surface area contributed by atoms with Gasteiger partial charge in [0.1, 0.15) is 6.10 Å². The number of carbonyl (C=O) groups excluding carboxylic acids is 1. The summed E-state index contributed by atoms with van der Waals surface area (Å²) in [4.78, 5) is 11.2. The lowest BCUT2D eigenvalue weighted by atomic mass is 9.59. The Morgan fingerprint density at radius 2 is 2.00 bits per heavy atom. The normalized spacial score (nSPS) is 45.4. The molecular weight excluding hydrogens is 272 g/mol. The molecule has 0 amide bonds. The van der Waals surface area contributed by atoms with Gasteiger partial charge in [-0.2, -0.15) is 0 Å². The Morgan fingerprint density at radius 3 is 2.68 bits per heavy atom. The van der Waals surface area contributed by atoms with Crippen molar-refractivity contribution in [3.8, 4) is 0 Å². The molecule has 3 saturated carbocycles. The second-order valence-corrected chi connectivity index (χ2v) is 8.48. The SMILES string of the molecule is C=C1CCC2CC(C3CC[C@H](OC(C)=O)C[C@@H]3C)CC[C@]12C. The van der Waals surface area contributed by atoms with Crippen LogP contribution < -0.4 is 0 Å². The van der Waals surface area contributed by atoms with Crippen LogP contribution in [0, 0.1) is 29.1 Å². The summed E-state index contributed by atoms with van der Waals surface area (Å²) in [5.41, 5.74) is 1.96. The highest BCUT2D eigenvalue weighted by Crippen LogP contribution is 2.58. The van der Waals surface area contributed by atoms with Crippen molar-refractivity contribution in [2.75, 3.05) is 0 Å². The van der Waals surface area contributed by atoms with E-state index < -0.39 is 0 Å². The first kappa shape index (κ1) is 16.1. The minimum atomic E-state index is -0.117. The summed E-state index contributed by atoms with van der Waals surface area (Å²) in [6.45, 7) is 10.7. The maximum atomic E-state index is 11.2. The van der Waals surface area contributed by atoms with Gasteiger partial charge in [0, 0.05) is 6.92 Å². The third-order valence-electron chi connectivity index (χ3n) is 7.25. The van der Waals surface area contributed by atoms with Crippen molar-refractivity contribution >= 4 is 5.97 Å². The minimum absolute atomic E-state index is 0.117. The molecule has 0 aromatic rings. The molecule has 0 spiro atoms. The quantitative estimate of drug-likeness (QED) is 0.522. The van der Waals surface area contributed by atoms with Crippen LogP contribution in [0.3, 0.4) is 0 Å². The Morgan fingerprint density at radius 1 is 1.23 bits per heavy atom. The van der Waals surface area contributed by atoms with Gasteiger partial charge < -0.3 is 4.74 Å². The Bertz CT molecular complexity index is 455. The monoisotopic (exact) mass is 304 g/mol. The molecule has 3 aliphatic carbocycles. The van der Waals surface area contributed by atoms with Crippen LogP contribution in [0.2, 0.25) is 0 Å². The fourth-order valence-corrected chi connectivity index (χ4v) is 5.77. The molecule has 0 aliphatic heterocycles. The summed E-state index contributed by atoms with van der Waals surface area (Å²) in [7, 11) is 0. The first-order valence-corrected chi connectivity index (χ1v) is 9.25. The van der Waals surface area contributed by atoms with Crippen molar-refractivity contribution < 1.29 is 9.53 Å².